The number of pyridine rings is 4. The summed E-state index contributed by atoms with van der Waals surface area (Å²) in [5, 5.41) is 17.4. The molecule has 0 spiro atoms. The van der Waals surface area contributed by atoms with Gasteiger partial charge in [0.15, 0.2) is 0 Å². The van der Waals surface area contributed by atoms with Crippen LogP contribution in [0.15, 0.2) is 82.3 Å². The van der Waals surface area contributed by atoms with Crippen LogP contribution in [0.4, 0.5) is 0 Å². The van der Waals surface area contributed by atoms with Gasteiger partial charge in [-0.3, -0.25) is 29.3 Å². The molecule has 22 heteroatoms. The van der Waals surface area contributed by atoms with Gasteiger partial charge in [0.1, 0.15) is 22.8 Å². The minimum atomic E-state index is -1.05. The summed E-state index contributed by atoms with van der Waals surface area (Å²) in [6, 6.07) is 13.4. The number of carbonyl (C=O) groups excluding carboxylic acids is 4. The van der Waals surface area contributed by atoms with Crippen molar-refractivity contribution in [2.24, 2.45) is 11.8 Å². The number of ether oxygens (including phenoxy) is 5. The fourth-order valence-corrected chi connectivity index (χ4v) is 11.3. The van der Waals surface area contributed by atoms with E-state index in [1.54, 1.807) is 23.2 Å². The Balaban J connectivity index is 0.000000141. The molecule has 0 aromatic carbocycles. The number of esters is 1. The molecule has 8 bridgehead atoms. The summed E-state index contributed by atoms with van der Waals surface area (Å²) in [5.41, 5.74) is 1.46. The smallest absolute Gasteiger partial charge is 0.354 e. The van der Waals surface area contributed by atoms with Crippen LogP contribution in [0.5, 0.6) is 0 Å². The molecule has 7 aliphatic heterocycles. The third-order valence-electron chi connectivity index (χ3n) is 14.3. The average Bonchev–Trinajstić information content (AvgIpc) is 4.06. The van der Waals surface area contributed by atoms with Gasteiger partial charge in [0.25, 0.3) is 17.7 Å². The van der Waals surface area contributed by atoms with E-state index in [4.69, 9.17) is 29.2 Å². The molecule has 0 radical (unpaired) electrons. The second-order valence-electron chi connectivity index (χ2n) is 19.2. The van der Waals surface area contributed by atoms with Gasteiger partial charge in [-0.15, -0.1) is 0 Å². The molecule has 8 fully saturated rings. The zero-order valence-corrected chi connectivity index (χ0v) is 44.0. The topological polar surface area (TPSA) is 250 Å². The minimum absolute atomic E-state index is 0. The summed E-state index contributed by atoms with van der Waals surface area (Å²) < 4.78 is 28.0. The summed E-state index contributed by atoms with van der Waals surface area (Å²) in [5.74, 6) is -0.954. The Hall–Kier alpha value is -5.78. The lowest BCUT2D eigenvalue weighted by Crippen LogP contribution is -2.49. The van der Waals surface area contributed by atoms with Crippen molar-refractivity contribution in [3.05, 3.63) is 116 Å². The molecule has 4 aromatic rings. The number of aromatic nitrogens is 4. The maximum Gasteiger partial charge on any atom is 0.354 e. The second-order valence-corrected chi connectivity index (χ2v) is 21.0. The van der Waals surface area contributed by atoms with Crippen LogP contribution in [0.3, 0.4) is 0 Å². The molecule has 8 aliphatic rings. The number of hydrogen-bond acceptors (Lipinski definition) is 15. The molecule has 8 atom stereocenters. The van der Waals surface area contributed by atoms with Crippen LogP contribution in [0.25, 0.3) is 0 Å². The standard InChI is InChI=1S/C14H16N2O4.C13H14N2O4.C12H13BrN2O2.C7H12O.C6H4BrNO2.CH4/c1-19-14(18)9-4-5-15-12(6-9)13(17)16-10-2-3-11(16)8-20-7-10;16-12(11-5-8(13(17)18)3-4-14-11)15-9-1-2-10(15)7-19-6-9;13-8-3-4-14-11(5-8)12(16)15-9-1-2-10(15)7-17-6-9;1-2-7-3-6(1)4-8-5-7;7-4-1-2-8-5(3-4)6(9)10;/h4-6,10-11H,2-3,7-8H2,1H3;3-5,9-10H,1-2,6-7H2,(H,17,18);3-5,9-10H,1-2,6-7H2;6-7H,1-5H2;1-3H,(H,9,10);1H4. The number of fused-ring (bicyclic) bond motifs is 8. The van der Waals surface area contributed by atoms with Crippen LogP contribution in [0, 0.1) is 11.8 Å². The lowest BCUT2D eigenvalue weighted by molar-refractivity contribution is -0.00761. The first-order chi connectivity index (χ1) is 35.8. The van der Waals surface area contributed by atoms with E-state index in [2.05, 4.69) is 56.5 Å². The predicted octanol–water partition coefficient (Wildman–Crippen LogP) is 7.11. The minimum Gasteiger partial charge on any atom is -0.478 e. The molecule has 12 rings (SSSR count). The Morgan fingerprint density at radius 3 is 1.16 bits per heavy atom. The molecule has 1 saturated carbocycles. The zero-order chi connectivity index (χ0) is 52.3. The number of halogens is 2. The van der Waals surface area contributed by atoms with Gasteiger partial charge >= 0.3 is 17.9 Å². The fraction of sp³-hybridized carbons (Fsp3) is 0.509. The highest BCUT2D eigenvalue weighted by atomic mass is 79.9. The highest BCUT2D eigenvalue weighted by molar-refractivity contribution is 9.10. The summed E-state index contributed by atoms with van der Waals surface area (Å²) in [7, 11) is 1.31. The van der Waals surface area contributed by atoms with Crippen molar-refractivity contribution < 1.29 is 62.7 Å². The number of rotatable bonds is 6. The van der Waals surface area contributed by atoms with Crippen LogP contribution in [0.1, 0.15) is 128 Å². The molecular weight excluding hydrogens is 1100 g/mol. The van der Waals surface area contributed by atoms with Crippen LogP contribution in [-0.2, 0) is 23.7 Å². The maximum absolute atomic E-state index is 12.6. The molecule has 3 amide bonds. The fourth-order valence-electron chi connectivity index (χ4n) is 10.7. The van der Waals surface area contributed by atoms with Crippen molar-refractivity contribution >= 4 is 67.5 Å². The molecule has 1 aliphatic carbocycles. The Labute approximate surface area is 452 Å². The monoisotopic (exact) mass is 1160 g/mol. The van der Waals surface area contributed by atoms with Gasteiger partial charge in [0.05, 0.1) is 94.1 Å². The Morgan fingerprint density at radius 2 is 0.813 bits per heavy atom. The Morgan fingerprint density at radius 1 is 0.480 bits per heavy atom. The van der Waals surface area contributed by atoms with Gasteiger partial charge < -0.3 is 48.6 Å². The van der Waals surface area contributed by atoms with E-state index in [9.17, 15) is 28.8 Å². The SMILES string of the molecule is C.C1CC2COCC1C2.COC(=O)c1ccnc(C(=O)N2C3CCC2COC3)c1.O=C(O)c1cc(Br)ccn1.O=C(O)c1ccnc(C(=O)N2C3CCC2COC3)c1.O=C(c1cc(Br)ccn1)N1C2CCC1COC2. The first-order valence-corrected chi connectivity index (χ1v) is 26.4. The molecule has 2 N–H and O–H groups in total. The van der Waals surface area contributed by atoms with Crippen LogP contribution >= 0.6 is 31.9 Å². The number of carboxylic acid groups (broad SMARTS) is 2. The number of carboxylic acids is 2. The number of aromatic carboxylic acids is 2. The Bertz CT molecular complexity index is 2600. The number of methoxy groups -OCH3 is 1. The van der Waals surface area contributed by atoms with E-state index >= 15 is 0 Å². The summed E-state index contributed by atoms with van der Waals surface area (Å²) in [4.78, 5) is 91.6. The number of carbonyl (C=O) groups is 6. The van der Waals surface area contributed by atoms with Crippen LogP contribution < -0.4 is 0 Å². The maximum atomic E-state index is 12.6. The molecule has 75 heavy (non-hydrogen) atoms. The first kappa shape index (κ1) is 56.9. The van der Waals surface area contributed by atoms with Gasteiger partial charge in [-0.05, 0) is 118 Å². The number of hydrogen-bond donors (Lipinski definition) is 2. The predicted molar refractivity (Wildman–Crippen MR) is 277 cm³/mol. The third kappa shape index (κ3) is 14.4. The normalized spacial score (nSPS) is 25.2. The van der Waals surface area contributed by atoms with Crippen molar-refractivity contribution in [3.63, 3.8) is 0 Å². The van der Waals surface area contributed by atoms with Gasteiger partial charge in [-0.1, -0.05) is 39.3 Å². The van der Waals surface area contributed by atoms with E-state index in [1.807, 2.05) is 15.9 Å². The average molecular weight is 1170 g/mol. The number of morpholine rings is 3. The largest absolute Gasteiger partial charge is 0.478 e. The molecular formula is C53H63Br2N7O13. The second kappa shape index (κ2) is 26.8. The number of nitrogens with zero attached hydrogens (tertiary/aromatic N) is 7. The van der Waals surface area contributed by atoms with Crippen molar-refractivity contribution in [2.45, 2.75) is 101 Å². The molecule has 11 heterocycles. The van der Waals surface area contributed by atoms with Gasteiger partial charge in [-0.25, -0.2) is 19.4 Å². The van der Waals surface area contributed by atoms with Crippen LogP contribution in [0.2, 0.25) is 0 Å². The van der Waals surface area contributed by atoms with Crippen molar-refractivity contribution in [2.75, 3.05) is 60.0 Å². The van der Waals surface area contributed by atoms with Crippen molar-refractivity contribution in [3.8, 4) is 0 Å². The van der Waals surface area contributed by atoms with E-state index in [0.717, 1.165) is 72.5 Å². The first-order valence-electron chi connectivity index (χ1n) is 24.8. The molecule has 4 aromatic heterocycles. The van der Waals surface area contributed by atoms with E-state index in [0.29, 0.717) is 50.9 Å². The molecule has 8 unspecified atom stereocenters. The van der Waals surface area contributed by atoms with Crippen LogP contribution in [-0.4, -0.2) is 177 Å². The quantitative estimate of drug-likeness (QED) is 0.182. The highest BCUT2D eigenvalue weighted by Gasteiger charge is 2.43. The van der Waals surface area contributed by atoms with Gasteiger partial charge in [-0.2, -0.15) is 0 Å². The summed E-state index contributed by atoms with van der Waals surface area (Å²) in [6.45, 7) is 5.71. The third-order valence-corrected chi connectivity index (χ3v) is 15.3. The van der Waals surface area contributed by atoms with Gasteiger partial charge in [0, 0.05) is 46.9 Å². The lowest BCUT2D eigenvalue weighted by atomic mass is 10.0. The number of amides is 3. The van der Waals surface area contributed by atoms with Crippen molar-refractivity contribution in [1.29, 1.82) is 0 Å². The Kier molecular flexibility index (Phi) is 20.4. The van der Waals surface area contributed by atoms with Crippen molar-refractivity contribution in [1.82, 2.24) is 34.6 Å². The molecule has 7 saturated heterocycles. The van der Waals surface area contributed by atoms with E-state index < -0.39 is 17.9 Å². The van der Waals surface area contributed by atoms with Gasteiger partial charge in [0.2, 0.25) is 0 Å². The van der Waals surface area contributed by atoms with E-state index in [-0.39, 0.29) is 84.0 Å². The summed E-state index contributed by atoms with van der Waals surface area (Å²) in [6.07, 6.45) is 16.1. The lowest BCUT2D eigenvalue weighted by Gasteiger charge is -2.34. The zero-order valence-electron chi connectivity index (χ0n) is 40.8. The molecule has 20 nitrogen and oxygen atoms in total. The summed E-state index contributed by atoms with van der Waals surface area (Å²) >= 11 is 6.49. The molecule has 402 valence electrons. The van der Waals surface area contributed by atoms with E-state index in [1.165, 1.54) is 75.3 Å². The highest BCUT2D eigenvalue weighted by Crippen LogP contribution is 2.35.